The smallest absolute Gasteiger partial charge is 0.276 e. The van der Waals surface area contributed by atoms with Crippen LogP contribution in [0.25, 0.3) is 0 Å². The molecule has 180 valence electrons. The molecule has 2 heterocycles. The van der Waals surface area contributed by atoms with Gasteiger partial charge in [-0.15, -0.1) is 10.2 Å². The van der Waals surface area contributed by atoms with Gasteiger partial charge in [-0.3, -0.25) is 9.52 Å². The van der Waals surface area contributed by atoms with Gasteiger partial charge in [0.05, 0.1) is 4.90 Å². The largest absolute Gasteiger partial charge is 0.471 e. The van der Waals surface area contributed by atoms with Crippen LogP contribution in [-0.2, 0) is 16.8 Å². The van der Waals surface area contributed by atoms with E-state index in [1.54, 1.807) is 30.5 Å². The lowest BCUT2D eigenvalue weighted by Crippen LogP contribution is -2.16. The lowest BCUT2D eigenvalue weighted by Gasteiger charge is -2.09. The summed E-state index contributed by atoms with van der Waals surface area (Å²) in [5, 5.41) is 14.9. The normalized spacial score (nSPS) is 11.2. The average molecular weight is 533 g/mol. The lowest BCUT2D eigenvalue weighted by atomic mass is 10.2. The maximum absolute atomic E-state index is 12.5. The minimum atomic E-state index is -3.90. The number of amides is 1. The quantitative estimate of drug-likeness (QED) is 0.344. The maximum atomic E-state index is 12.5. The number of benzene rings is 2. The van der Waals surface area contributed by atoms with Gasteiger partial charge in [0.15, 0.2) is 23.4 Å². The number of anilines is 2. The average Bonchev–Trinajstić information content (AvgIpc) is 3.30. The third-order valence-corrected chi connectivity index (χ3v) is 6.46. The van der Waals surface area contributed by atoms with E-state index in [1.807, 2.05) is 6.92 Å². The van der Waals surface area contributed by atoms with E-state index in [4.69, 9.17) is 27.9 Å². The fraction of sp³-hybridized carbons (Fsp3) is 0.0909. The van der Waals surface area contributed by atoms with E-state index >= 15 is 0 Å². The number of halogens is 2. The highest BCUT2D eigenvalue weighted by Gasteiger charge is 2.16. The van der Waals surface area contributed by atoms with Crippen molar-refractivity contribution in [2.45, 2.75) is 18.6 Å². The topological polar surface area (TPSA) is 128 Å². The van der Waals surface area contributed by atoms with Crippen LogP contribution >= 0.6 is 23.2 Å². The zero-order valence-electron chi connectivity index (χ0n) is 18.1. The van der Waals surface area contributed by atoms with Crippen LogP contribution in [0.4, 0.5) is 11.5 Å². The Hall–Kier alpha value is -3.67. The SMILES string of the molecule is Cc1cc(Cl)ccc1OCn1ccc(C(=O)Nc2ccc(S(=O)(=O)Nc3ccc(Cl)nn3)cc2)n1. The molecule has 0 atom stereocenters. The third kappa shape index (κ3) is 6.27. The van der Waals surface area contributed by atoms with Crippen LogP contribution in [-0.4, -0.2) is 34.3 Å². The molecule has 0 aliphatic carbocycles. The third-order valence-electron chi connectivity index (χ3n) is 4.66. The predicted octanol–water partition coefficient (Wildman–Crippen LogP) is 4.38. The molecule has 10 nitrogen and oxygen atoms in total. The molecule has 0 spiro atoms. The summed E-state index contributed by atoms with van der Waals surface area (Å²) in [7, 11) is -3.90. The second-order valence-electron chi connectivity index (χ2n) is 7.25. The second kappa shape index (κ2) is 10.3. The molecule has 2 aromatic heterocycles. The van der Waals surface area contributed by atoms with Gasteiger partial charge in [-0.05, 0) is 73.2 Å². The van der Waals surface area contributed by atoms with Crippen LogP contribution in [0.3, 0.4) is 0 Å². The summed E-state index contributed by atoms with van der Waals surface area (Å²) in [4.78, 5) is 12.5. The zero-order valence-corrected chi connectivity index (χ0v) is 20.5. The molecule has 2 N–H and O–H groups in total. The Kier molecular flexibility index (Phi) is 7.20. The van der Waals surface area contributed by atoms with Gasteiger partial charge in [-0.2, -0.15) is 5.10 Å². The van der Waals surface area contributed by atoms with Gasteiger partial charge in [0.25, 0.3) is 15.9 Å². The van der Waals surface area contributed by atoms with Crippen molar-refractivity contribution in [3.8, 4) is 5.75 Å². The molecule has 0 saturated heterocycles. The number of carbonyl (C=O) groups is 1. The van der Waals surface area contributed by atoms with Crippen LogP contribution in [0.15, 0.2) is 71.8 Å². The van der Waals surface area contributed by atoms with Gasteiger partial charge in [0.2, 0.25) is 0 Å². The summed E-state index contributed by atoms with van der Waals surface area (Å²) in [6.45, 7) is 1.98. The summed E-state index contributed by atoms with van der Waals surface area (Å²) in [5.74, 6) is 0.220. The first kappa shape index (κ1) is 24.5. The summed E-state index contributed by atoms with van der Waals surface area (Å²) in [6, 6.07) is 15.2. The Labute approximate surface area is 210 Å². The standard InChI is InChI=1S/C22H18Cl2N6O4S/c1-14-12-15(23)2-7-19(14)34-13-30-11-10-18(28-30)22(31)25-16-3-5-17(6-4-16)35(32,33)29-21-9-8-20(24)26-27-21/h2-12H,13H2,1H3,(H,25,31)(H,27,29). The van der Waals surface area contributed by atoms with Gasteiger partial charge >= 0.3 is 0 Å². The Morgan fingerprint density at radius 2 is 1.80 bits per heavy atom. The number of nitrogens with zero attached hydrogens (tertiary/aromatic N) is 4. The van der Waals surface area contributed by atoms with Gasteiger partial charge in [0.1, 0.15) is 5.75 Å². The van der Waals surface area contributed by atoms with Crippen LogP contribution in [0.2, 0.25) is 10.2 Å². The first-order chi connectivity index (χ1) is 16.7. The van der Waals surface area contributed by atoms with Crippen molar-refractivity contribution in [2.75, 3.05) is 10.0 Å². The molecule has 0 bridgehead atoms. The monoisotopic (exact) mass is 532 g/mol. The second-order valence-corrected chi connectivity index (χ2v) is 9.76. The van der Waals surface area contributed by atoms with Crippen LogP contribution in [0.1, 0.15) is 16.1 Å². The Morgan fingerprint density at radius 1 is 1.03 bits per heavy atom. The Balaban J connectivity index is 1.36. The predicted molar refractivity (Wildman–Crippen MR) is 131 cm³/mol. The van der Waals surface area contributed by atoms with Crippen molar-refractivity contribution < 1.29 is 17.9 Å². The summed E-state index contributed by atoms with van der Waals surface area (Å²) in [6.07, 6.45) is 1.61. The highest BCUT2D eigenvalue weighted by molar-refractivity contribution is 7.92. The summed E-state index contributed by atoms with van der Waals surface area (Å²) < 4.78 is 34.5. The molecule has 2 aromatic carbocycles. The number of aromatic nitrogens is 4. The van der Waals surface area contributed by atoms with Crippen molar-refractivity contribution in [1.29, 1.82) is 0 Å². The number of hydrogen-bond acceptors (Lipinski definition) is 7. The molecule has 0 fully saturated rings. The molecule has 0 aliphatic rings. The summed E-state index contributed by atoms with van der Waals surface area (Å²) in [5.41, 5.74) is 1.44. The van der Waals surface area contributed by atoms with Crippen LogP contribution in [0, 0.1) is 6.92 Å². The fourth-order valence-electron chi connectivity index (χ4n) is 2.94. The Bertz CT molecular complexity index is 1460. The van der Waals surface area contributed by atoms with Gasteiger partial charge in [0, 0.05) is 16.9 Å². The number of aryl methyl sites for hydroxylation is 1. The maximum Gasteiger partial charge on any atom is 0.276 e. The zero-order chi connectivity index (χ0) is 25.0. The highest BCUT2D eigenvalue weighted by Crippen LogP contribution is 2.22. The number of ether oxygens (including phenoxy) is 1. The minimum Gasteiger partial charge on any atom is -0.471 e. The van der Waals surface area contributed by atoms with Crippen molar-refractivity contribution >= 4 is 50.6 Å². The first-order valence-corrected chi connectivity index (χ1v) is 12.3. The van der Waals surface area contributed by atoms with Crippen molar-refractivity contribution in [1.82, 2.24) is 20.0 Å². The van der Waals surface area contributed by atoms with Crippen LogP contribution in [0.5, 0.6) is 5.75 Å². The van der Waals surface area contributed by atoms with Gasteiger partial charge in [-0.25, -0.2) is 13.1 Å². The van der Waals surface area contributed by atoms with E-state index in [0.717, 1.165) is 5.56 Å². The molecule has 4 rings (SSSR count). The molecule has 0 unspecified atom stereocenters. The molecule has 0 radical (unpaired) electrons. The number of hydrogen-bond donors (Lipinski definition) is 2. The fourth-order valence-corrected chi connectivity index (χ4v) is 4.27. The molecule has 0 saturated carbocycles. The van der Waals surface area contributed by atoms with Gasteiger partial charge < -0.3 is 10.1 Å². The molecular weight excluding hydrogens is 515 g/mol. The molecule has 13 heteroatoms. The lowest BCUT2D eigenvalue weighted by molar-refractivity contribution is 0.102. The number of sulfonamides is 1. The molecule has 4 aromatic rings. The molecule has 0 aliphatic heterocycles. The highest BCUT2D eigenvalue weighted by atomic mass is 35.5. The molecule has 1 amide bonds. The van der Waals surface area contributed by atoms with E-state index in [-0.39, 0.29) is 28.3 Å². The van der Waals surface area contributed by atoms with Crippen molar-refractivity contribution in [2.24, 2.45) is 0 Å². The van der Waals surface area contributed by atoms with E-state index in [1.165, 1.54) is 41.1 Å². The first-order valence-electron chi connectivity index (χ1n) is 10.1. The van der Waals surface area contributed by atoms with Gasteiger partial charge in [-0.1, -0.05) is 23.2 Å². The number of carbonyl (C=O) groups excluding carboxylic acids is 1. The van der Waals surface area contributed by atoms with E-state index in [9.17, 15) is 13.2 Å². The van der Waals surface area contributed by atoms with E-state index in [2.05, 4.69) is 25.3 Å². The molecule has 35 heavy (non-hydrogen) atoms. The van der Waals surface area contributed by atoms with E-state index < -0.39 is 15.9 Å². The van der Waals surface area contributed by atoms with Crippen LogP contribution < -0.4 is 14.8 Å². The van der Waals surface area contributed by atoms with Crippen molar-refractivity contribution in [3.05, 3.63) is 88.3 Å². The number of nitrogens with one attached hydrogen (secondary N) is 2. The minimum absolute atomic E-state index is 0.0221. The Morgan fingerprint density at radius 3 is 2.49 bits per heavy atom. The number of rotatable bonds is 8. The van der Waals surface area contributed by atoms with Crippen molar-refractivity contribution in [3.63, 3.8) is 0 Å². The summed E-state index contributed by atoms with van der Waals surface area (Å²) >= 11 is 11.6. The van der Waals surface area contributed by atoms with E-state index in [0.29, 0.717) is 16.5 Å². The molecular formula is C22H18Cl2N6O4S.